The van der Waals surface area contributed by atoms with Crippen LogP contribution in [0.25, 0.3) is 0 Å². The third-order valence-electron chi connectivity index (χ3n) is 3.06. The van der Waals surface area contributed by atoms with Crippen molar-refractivity contribution in [2.75, 3.05) is 6.61 Å². The van der Waals surface area contributed by atoms with Gasteiger partial charge < -0.3 is 14.6 Å². The smallest absolute Gasteiger partial charge is 0.341 e. The Labute approximate surface area is 112 Å². The third kappa shape index (κ3) is 3.58. The molecule has 1 aromatic carbocycles. The van der Waals surface area contributed by atoms with Gasteiger partial charge >= 0.3 is 5.97 Å². The molecule has 0 radical (unpaired) electrons. The maximum absolute atomic E-state index is 10.6. The summed E-state index contributed by atoms with van der Waals surface area (Å²) in [7, 11) is 0. The van der Waals surface area contributed by atoms with Crippen LogP contribution in [0.4, 0.5) is 0 Å². The molecule has 0 bridgehead atoms. The molecule has 1 saturated heterocycles. The molecule has 0 saturated carbocycles. The second kappa shape index (κ2) is 5.89. The fourth-order valence-electron chi connectivity index (χ4n) is 2.33. The van der Waals surface area contributed by atoms with E-state index in [1.54, 1.807) is 6.07 Å². The predicted molar refractivity (Wildman–Crippen MR) is 71.2 cm³/mol. The monoisotopic (exact) mass is 262 g/mol. The maximum Gasteiger partial charge on any atom is 0.341 e. The van der Waals surface area contributed by atoms with Gasteiger partial charge in [-0.1, -0.05) is 30.4 Å². The number of para-hydroxylation sites is 1. The maximum atomic E-state index is 10.6. The van der Waals surface area contributed by atoms with Gasteiger partial charge in [0.25, 0.3) is 0 Å². The average Bonchev–Trinajstić information content (AvgIpc) is 2.35. The quantitative estimate of drug-likeness (QED) is 0.848. The molecule has 0 unspecified atom stereocenters. The van der Waals surface area contributed by atoms with Crippen LogP contribution in [-0.2, 0) is 9.53 Å². The first-order valence-corrected chi connectivity index (χ1v) is 6.32. The molecule has 0 spiro atoms. The van der Waals surface area contributed by atoms with Gasteiger partial charge in [0.1, 0.15) is 5.75 Å². The Balaban J connectivity index is 2.18. The molecule has 102 valence electrons. The van der Waals surface area contributed by atoms with Crippen molar-refractivity contribution >= 4 is 5.97 Å². The van der Waals surface area contributed by atoms with Crippen LogP contribution in [0.5, 0.6) is 5.75 Å². The Morgan fingerprint density at radius 3 is 2.89 bits per heavy atom. The standard InChI is InChI=1S/C15H18O4/c1-10-7-11(2)19-14(8-10)12-5-3-4-6-13(12)18-9-15(16)17/h3-6,11,14H,1,7-9H2,2H3,(H,16,17)/t11-,14+/m1/s1. The van der Waals surface area contributed by atoms with E-state index in [9.17, 15) is 4.79 Å². The van der Waals surface area contributed by atoms with E-state index in [1.807, 2.05) is 25.1 Å². The van der Waals surface area contributed by atoms with Crippen molar-refractivity contribution in [1.29, 1.82) is 0 Å². The Kier molecular flexibility index (Phi) is 4.22. The highest BCUT2D eigenvalue weighted by Gasteiger charge is 2.25. The molecule has 19 heavy (non-hydrogen) atoms. The second-order valence-electron chi connectivity index (χ2n) is 4.81. The van der Waals surface area contributed by atoms with E-state index in [1.165, 1.54) is 0 Å². The molecule has 0 aromatic heterocycles. The summed E-state index contributed by atoms with van der Waals surface area (Å²) in [6.07, 6.45) is 1.63. The summed E-state index contributed by atoms with van der Waals surface area (Å²) in [5.74, 6) is -0.422. The van der Waals surface area contributed by atoms with E-state index in [2.05, 4.69) is 6.58 Å². The number of aliphatic carboxylic acids is 1. The fraction of sp³-hybridized carbons (Fsp3) is 0.400. The molecule has 2 atom stereocenters. The molecule has 1 heterocycles. The molecule has 0 aliphatic carbocycles. The van der Waals surface area contributed by atoms with Gasteiger partial charge in [-0.3, -0.25) is 0 Å². The number of carboxylic acids is 1. The highest BCUT2D eigenvalue weighted by Crippen LogP contribution is 2.37. The molecule has 1 aliphatic rings. The molecule has 1 aliphatic heterocycles. The van der Waals surface area contributed by atoms with E-state index < -0.39 is 5.97 Å². The first-order chi connectivity index (χ1) is 9.06. The molecular weight excluding hydrogens is 244 g/mol. The Morgan fingerprint density at radius 2 is 2.21 bits per heavy atom. The van der Waals surface area contributed by atoms with Gasteiger partial charge in [0.05, 0.1) is 12.2 Å². The van der Waals surface area contributed by atoms with E-state index >= 15 is 0 Å². The van der Waals surface area contributed by atoms with Gasteiger partial charge in [-0.05, 0) is 25.8 Å². The molecule has 4 nitrogen and oxygen atoms in total. The zero-order chi connectivity index (χ0) is 13.8. The third-order valence-corrected chi connectivity index (χ3v) is 3.06. The molecular formula is C15H18O4. The normalized spacial score (nSPS) is 23.1. The Morgan fingerprint density at radius 1 is 1.47 bits per heavy atom. The lowest BCUT2D eigenvalue weighted by atomic mass is 9.95. The molecule has 1 aromatic rings. The van der Waals surface area contributed by atoms with Gasteiger partial charge in [0.15, 0.2) is 6.61 Å². The van der Waals surface area contributed by atoms with Gasteiger partial charge in [-0.15, -0.1) is 0 Å². The van der Waals surface area contributed by atoms with E-state index in [0.717, 1.165) is 24.0 Å². The topological polar surface area (TPSA) is 55.8 Å². The fourth-order valence-corrected chi connectivity index (χ4v) is 2.33. The molecule has 1 fully saturated rings. The van der Waals surface area contributed by atoms with Gasteiger partial charge in [-0.25, -0.2) is 4.79 Å². The largest absolute Gasteiger partial charge is 0.482 e. The number of hydrogen-bond donors (Lipinski definition) is 1. The van der Waals surface area contributed by atoms with E-state index in [4.69, 9.17) is 14.6 Å². The zero-order valence-electron chi connectivity index (χ0n) is 11.0. The highest BCUT2D eigenvalue weighted by atomic mass is 16.5. The van der Waals surface area contributed by atoms with Gasteiger partial charge in [0, 0.05) is 5.56 Å². The Hall–Kier alpha value is -1.81. The molecule has 1 N–H and O–H groups in total. The lowest BCUT2D eigenvalue weighted by Crippen LogP contribution is -2.21. The van der Waals surface area contributed by atoms with Crippen LogP contribution in [0.2, 0.25) is 0 Å². The van der Waals surface area contributed by atoms with Crippen molar-refractivity contribution in [1.82, 2.24) is 0 Å². The minimum Gasteiger partial charge on any atom is -0.482 e. The van der Waals surface area contributed by atoms with Crippen molar-refractivity contribution in [3.05, 3.63) is 42.0 Å². The first-order valence-electron chi connectivity index (χ1n) is 6.32. The molecule has 2 rings (SSSR count). The SMILES string of the molecule is C=C1C[C@@H](C)O[C@H](c2ccccc2OCC(=O)O)C1. The summed E-state index contributed by atoms with van der Waals surface area (Å²) < 4.78 is 11.2. The molecule has 4 heteroatoms. The Bertz CT molecular complexity index is 481. The average molecular weight is 262 g/mol. The second-order valence-corrected chi connectivity index (χ2v) is 4.81. The number of ether oxygens (including phenoxy) is 2. The first kappa shape index (κ1) is 13.6. The van der Waals surface area contributed by atoms with Crippen molar-refractivity contribution in [3.63, 3.8) is 0 Å². The van der Waals surface area contributed by atoms with Gasteiger partial charge in [-0.2, -0.15) is 0 Å². The lowest BCUT2D eigenvalue weighted by Gasteiger charge is -2.30. The van der Waals surface area contributed by atoms with Crippen LogP contribution in [0.3, 0.4) is 0 Å². The predicted octanol–water partition coefficient (Wildman–Crippen LogP) is 2.95. The summed E-state index contributed by atoms with van der Waals surface area (Å²) in [5, 5.41) is 8.69. The van der Waals surface area contributed by atoms with Crippen molar-refractivity contribution < 1.29 is 19.4 Å². The zero-order valence-corrected chi connectivity index (χ0v) is 11.0. The number of rotatable bonds is 4. The van der Waals surface area contributed by atoms with Crippen LogP contribution < -0.4 is 4.74 Å². The highest BCUT2D eigenvalue weighted by molar-refractivity contribution is 5.68. The summed E-state index contributed by atoms with van der Waals surface area (Å²) >= 11 is 0. The van der Waals surface area contributed by atoms with Crippen LogP contribution in [0.1, 0.15) is 31.4 Å². The summed E-state index contributed by atoms with van der Waals surface area (Å²) in [4.78, 5) is 10.6. The van der Waals surface area contributed by atoms with Crippen molar-refractivity contribution in [2.45, 2.75) is 32.0 Å². The van der Waals surface area contributed by atoms with Crippen LogP contribution in [-0.4, -0.2) is 23.8 Å². The van der Waals surface area contributed by atoms with Crippen LogP contribution in [0.15, 0.2) is 36.4 Å². The van der Waals surface area contributed by atoms with E-state index in [0.29, 0.717) is 5.75 Å². The minimum absolute atomic E-state index is 0.110. The van der Waals surface area contributed by atoms with Crippen LogP contribution in [0, 0.1) is 0 Å². The van der Waals surface area contributed by atoms with Crippen LogP contribution >= 0.6 is 0 Å². The number of benzene rings is 1. The minimum atomic E-state index is -0.989. The summed E-state index contributed by atoms with van der Waals surface area (Å²) in [6.45, 7) is 5.69. The lowest BCUT2D eigenvalue weighted by molar-refractivity contribution is -0.139. The van der Waals surface area contributed by atoms with Crippen molar-refractivity contribution in [3.8, 4) is 5.75 Å². The van der Waals surface area contributed by atoms with Crippen molar-refractivity contribution in [2.24, 2.45) is 0 Å². The number of carboxylic acid groups (broad SMARTS) is 1. The summed E-state index contributed by atoms with van der Waals surface area (Å²) in [5.41, 5.74) is 2.04. The van der Waals surface area contributed by atoms with Gasteiger partial charge in [0.2, 0.25) is 0 Å². The number of carbonyl (C=O) groups is 1. The van der Waals surface area contributed by atoms with E-state index in [-0.39, 0.29) is 18.8 Å². The molecule has 0 amide bonds. The number of hydrogen-bond acceptors (Lipinski definition) is 3. The summed E-state index contributed by atoms with van der Waals surface area (Å²) in [6, 6.07) is 7.40.